The molecule has 0 atom stereocenters. The van der Waals surface area contributed by atoms with Gasteiger partial charge in [-0.25, -0.2) is 9.97 Å². The largest absolute Gasteiger partial charge is 0.338 e. The Morgan fingerprint density at radius 2 is 1.57 bits per heavy atom. The average Bonchev–Trinajstić information content (AvgIpc) is 2.91. The first-order chi connectivity index (χ1) is 17.1. The van der Waals surface area contributed by atoms with Crippen molar-refractivity contribution in [3.05, 3.63) is 114 Å². The van der Waals surface area contributed by atoms with Crippen LogP contribution in [0.5, 0.6) is 0 Å². The molecule has 1 fully saturated rings. The molecule has 2 aliphatic rings. The Kier molecular flexibility index (Phi) is 6.44. The summed E-state index contributed by atoms with van der Waals surface area (Å²) in [7, 11) is 0. The number of piperazine rings is 1. The number of allylic oxidation sites excluding steroid dienone is 3. The SMILES string of the molecule is C=C1C=C(c2ccccc2)N(CC(=O)N2CCN(c3ncccn3)CC2)C=C1c1ccc(C)cc1. The lowest BCUT2D eigenvalue weighted by atomic mass is 9.94. The summed E-state index contributed by atoms with van der Waals surface area (Å²) in [6, 6.07) is 20.4. The van der Waals surface area contributed by atoms with Crippen molar-refractivity contribution in [2.45, 2.75) is 6.92 Å². The van der Waals surface area contributed by atoms with Crippen molar-refractivity contribution in [1.82, 2.24) is 19.8 Å². The van der Waals surface area contributed by atoms with Gasteiger partial charge in [0.25, 0.3) is 0 Å². The third kappa shape index (κ3) is 5.01. The second kappa shape index (κ2) is 9.97. The van der Waals surface area contributed by atoms with Crippen LogP contribution in [0.25, 0.3) is 11.3 Å². The summed E-state index contributed by atoms with van der Waals surface area (Å²) in [5.41, 5.74) is 6.32. The van der Waals surface area contributed by atoms with Gasteiger partial charge in [0.2, 0.25) is 11.9 Å². The molecule has 5 rings (SSSR count). The van der Waals surface area contributed by atoms with E-state index >= 15 is 0 Å². The first-order valence-corrected chi connectivity index (χ1v) is 11.9. The highest BCUT2D eigenvalue weighted by Crippen LogP contribution is 2.34. The van der Waals surface area contributed by atoms with E-state index in [4.69, 9.17) is 0 Å². The predicted octanol–water partition coefficient (Wildman–Crippen LogP) is 4.39. The van der Waals surface area contributed by atoms with Crippen molar-refractivity contribution in [2.24, 2.45) is 0 Å². The molecule has 0 aliphatic carbocycles. The third-order valence-electron chi connectivity index (χ3n) is 6.46. The molecule has 0 N–H and O–H groups in total. The van der Waals surface area contributed by atoms with Crippen LogP contribution >= 0.6 is 0 Å². The average molecular weight is 464 g/mol. The standard InChI is InChI=1S/C29H29N5O/c1-22-9-11-24(12-10-22)26-20-34(27(19-23(26)2)25-7-4-3-5-8-25)21-28(35)32-15-17-33(18-16-32)29-30-13-6-14-31-29/h3-14,19-20H,2,15-18,21H2,1H3. The van der Waals surface area contributed by atoms with E-state index < -0.39 is 0 Å². The molecule has 1 amide bonds. The van der Waals surface area contributed by atoms with Gasteiger partial charge in [-0.15, -0.1) is 0 Å². The second-order valence-electron chi connectivity index (χ2n) is 8.87. The molecular formula is C29H29N5O. The van der Waals surface area contributed by atoms with E-state index in [9.17, 15) is 4.79 Å². The summed E-state index contributed by atoms with van der Waals surface area (Å²) in [5, 5.41) is 0. The van der Waals surface area contributed by atoms with Crippen LogP contribution in [-0.2, 0) is 4.79 Å². The molecule has 0 saturated carbocycles. The number of hydrogen-bond donors (Lipinski definition) is 0. The molecule has 0 spiro atoms. The van der Waals surface area contributed by atoms with Gasteiger partial charge in [0.15, 0.2) is 0 Å². The Morgan fingerprint density at radius 3 is 2.26 bits per heavy atom. The number of hydrogen-bond acceptors (Lipinski definition) is 5. The van der Waals surface area contributed by atoms with Crippen LogP contribution in [0.15, 0.2) is 97.5 Å². The third-order valence-corrected chi connectivity index (χ3v) is 6.46. The van der Waals surface area contributed by atoms with Crippen LogP contribution < -0.4 is 4.90 Å². The van der Waals surface area contributed by atoms with Crippen molar-refractivity contribution in [3.8, 4) is 0 Å². The zero-order chi connectivity index (χ0) is 24.2. The van der Waals surface area contributed by atoms with Crippen molar-refractivity contribution >= 4 is 23.1 Å². The summed E-state index contributed by atoms with van der Waals surface area (Å²) in [4.78, 5) is 28.2. The number of benzene rings is 2. The van der Waals surface area contributed by atoms with E-state index in [-0.39, 0.29) is 12.5 Å². The molecule has 3 aromatic rings. The van der Waals surface area contributed by atoms with E-state index in [0.717, 1.165) is 41.1 Å². The van der Waals surface area contributed by atoms with E-state index in [1.807, 2.05) is 29.2 Å². The smallest absolute Gasteiger partial charge is 0.242 e. The van der Waals surface area contributed by atoms with E-state index in [1.165, 1.54) is 5.56 Å². The fraction of sp³-hybridized carbons (Fsp3) is 0.207. The fourth-order valence-corrected chi connectivity index (χ4v) is 4.47. The van der Waals surface area contributed by atoms with Crippen LogP contribution in [-0.4, -0.2) is 58.4 Å². The van der Waals surface area contributed by atoms with Gasteiger partial charge in [-0.05, 0) is 35.8 Å². The molecular weight excluding hydrogens is 434 g/mol. The van der Waals surface area contributed by atoms with Gasteiger partial charge in [0, 0.05) is 56.0 Å². The maximum atomic E-state index is 13.4. The monoisotopic (exact) mass is 463 g/mol. The predicted molar refractivity (Wildman–Crippen MR) is 140 cm³/mol. The van der Waals surface area contributed by atoms with Crippen molar-refractivity contribution < 1.29 is 4.79 Å². The Balaban J connectivity index is 1.36. The highest BCUT2D eigenvalue weighted by molar-refractivity contribution is 5.90. The Morgan fingerprint density at radius 1 is 0.886 bits per heavy atom. The molecule has 6 heteroatoms. The number of carbonyl (C=O) groups excluding carboxylic acids is 1. The fourth-order valence-electron chi connectivity index (χ4n) is 4.47. The number of amides is 1. The topological polar surface area (TPSA) is 52.6 Å². The minimum Gasteiger partial charge on any atom is -0.338 e. The summed E-state index contributed by atoms with van der Waals surface area (Å²) in [6.45, 7) is 9.41. The van der Waals surface area contributed by atoms with Crippen LogP contribution in [0.1, 0.15) is 16.7 Å². The highest BCUT2D eigenvalue weighted by Gasteiger charge is 2.26. The van der Waals surface area contributed by atoms with Crippen LogP contribution in [0.3, 0.4) is 0 Å². The van der Waals surface area contributed by atoms with E-state index in [1.54, 1.807) is 12.4 Å². The number of rotatable bonds is 5. The molecule has 3 heterocycles. The van der Waals surface area contributed by atoms with Gasteiger partial charge >= 0.3 is 0 Å². The molecule has 0 radical (unpaired) electrons. The summed E-state index contributed by atoms with van der Waals surface area (Å²) >= 11 is 0. The van der Waals surface area contributed by atoms with Gasteiger partial charge < -0.3 is 14.7 Å². The van der Waals surface area contributed by atoms with Crippen molar-refractivity contribution in [2.75, 3.05) is 37.6 Å². The van der Waals surface area contributed by atoms with Crippen molar-refractivity contribution in [3.63, 3.8) is 0 Å². The summed E-state index contributed by atoms with van der Waals surface area (Å²) < 4.78 is 0. The molecule has 6 nitrogen and oxygen atoms in total. The van der Waals surface area contributed by atoms with Gasteiger partial charge in [0.1, 0.15) is 6.54 Å². The Hall–Kier alpha value is -4.19. The minimum atomic E-state index is 0.104. The van der Waals surface area contributed by atoms with E-state index in [2.05, 4.69) is 81.9 Å². The maximum absolute atomic E-state index is 13.4. The quantitative estimate of drug-likeness (QED) is 0.562. The lowest BCUT2D eigenvalue weighted by Crippen LogP contribution is -2.51. The lowest BCUT2D eigenvalue weighted by Gasteiger charge is -2.36. The van der Waals surface area contributed by atoms with Crippen LogP contribution in [0.4, 0.5) is 5.95 Å². The highest BCUT2D eigenvalue weighted by atomic mass is 16.2. The first kappa shape index (κ1) is 22.6. The molecule has 0 bridgehead atoms. The molecule has 2 aromatic carbocycles. The second-order valence-corrected chi connectivity index (χ2v) is 8.87. The van der Waals surface area contributed by atoms with Gasteiger partial charge in [-0.3, -0.25) is 4.79 Å². The normalized spacial score (nSPS) is 16.1. The number of aromatic nitrogens is 2. The van der Waals surface area contributed by atoms with E-state index in [0.29, 0.717) is 19.0 Å². The van der Waals surface area contributed by atoms with Gasteiger partial charge in [-0.1, -0.05) is 66.7 Å². The molecule has 2 aliphatic heterocycles. The zero-order valence-corrected chi connectivity index (χ0v) is 20.0. The molecule has 35 heavy (non-hydrogen) atoms. The number of aryl methyl sites for hydroxylation is 1. The number of anilines is 1. The zero-order valence-electron chi connectivity index (χ0n) is 20.0. The van der Waals surface area contributed by atoms with Crippen molar-refractivity contribution in [1.29, 1.82) is 0 Å². The summed E-state index contributed by atoms with van der Waals surface area (Å²) in [5.74, 6) is 0.821. The Bertz CT molecular complexity index is 1260. The van der Waals surface area contributed by atoms with Gasteiger partial charge in [0.05, 0.1) is 0 Å². The first-order valence-electron chi connectivity index (χ1n) is 11.9. The molecule has 1 saturated heterocycles. The molecule has 1 aromatic heterocycles. The van der Waals surface area contributed by atoms with Gasteiger partial charge in [-0.2, -0.15) is 0 Å². The summed E-state index contributed by atoms with van der Waals surface area (Å²) in [6.07, 6.45) is 7.66. The number of nitrogens with zero attached hydrogens (tertiary/aromatic N) is 5. The molecule has 0 unspecified atom stereocenters. The number of carbonyl (C=O) groups is 1. The molecule has 176 valence electrons. The lowest BCUT2D eigenvalue weighted by molar-refractivity contribution is -0.131. The van der Waals surface area contributed by atoms with Crippen LogP contribution in [0, 0.1) is 6.92 Å². The Labute approximate surface area is 206 Å². The van der Waals surface area contributed by atoms with Crippen LogP contribution in [0.2, 0.25) is 0 Å². The minimum absolute atomic E-state index is 0.104. The maximum Gasteiger partial charge on any atom is 0.242 e.